The Bertz CT molecular complexity index is 776. The third-order valence-corrected chi connectivity index (χ3v) is 4.22. The van der Waals surface area contributed by atoms with Gasteiger partial charge in [-0.05, 0) is 43.0 Å². The topological polar surface area (TPSA) is 70.6 Å². The van der Waals surface area contributed by atoms with E-state index < -0.39 is 0 Å². The number of nitrogens with zero attached hydrogens (tertiary/aromatic N) is 1. The van der Waals surface area contributed by atoms with Crippen molar-refractivity contribution in [2.75, 3.05) is 5.32 Å². The molecular formula is C20H22ClN3O2. The Morgan fingerprint density at radius 2 is 1.77 bits per heavy atom. The molecule has 136 valence electrons. The molecule has 0 aliphatic heterocycles. The van der Waals surface area contributed by atoms with Crippen molar-refractivity contribution in [3.05, 3.63) is 64.7 Å². The van der Waals surface area contributed by atoms with E-state index >= 15 is 0 Å². The summed E-state index contributed by atoms with van der Waals surface area (Å²) in [6, 6.07) is 15.4. The second kappa shape index (κ2) is 10.4. The Hall–Kier alpha value is -2.66. The standard InChI is InChI=1S/C20H22ClN3O2/c1-15-17(21)10-5-11-18(15)23-19(25)12-13-20(26)24-22-14-6-9-16-7-3-2-4-8-16/h2-5,7-8,10-11,14H,6,9,12-13H2,1H3,(H,23,25)(H,24,26). The van der Waals surface area contributed by atoms with E-state index in [9.17, 15) is 9.59 Å². The highest BCUT2D eigenvalue weighted by atomic mass is 35.5. The first kappa shape index (κ1) is 19.7. The molecule has 0 aromatic heterocycles. The van der Waals surface area contributed by atoms with Crippen molar-refractivity contribution in [2.45, 2.75) is 32.6 Å². The number of anilines is 1. The van der Waals surface area contributed by atoms with Gasteiger partial charge in [0, 0.05) is 29.8 Å². The van der Waals surface area contributed by atoms with Crippen LogP contribution in [0.3, 0.4) is 0 Å². The van der Waals surface area contributed by atoms with E-state index in [1.54, 1.807) is 24.4 Å². The summed E-state index contributed by atoms with van der Waals surface area (Å²) in [4.78, 5) is 23.7. The summed E-state index contributed by atoms with van der Waals surface area (Å²) in [7, 11) is 0. The number of hydrogen-bond donors (Lipinski definition) is 2. The van der Waals surface area contributed by atoms with Crippen molar-refractivity contribution in [1.82, 2.24) is 5.43 Å². The minimum atomic E-state index is -0.293. The molecule has 0 unspecified atom stereocenters. The maximum Gasteiger partial charge on any atom is 0.240 e. The number of hydrazone groups is 1. The van der Waals surface area contributed by atoms with Crippen LogP contribution < -0.4 is 10.7 Å². The zero-order chi connectivity index (χ0) is 18.8. The van der Waals surface area contributed by atoms with E-state index in [0.29, 0.717) is 10.7 Å². The van der Waals surface area contributed by atoms with Crippen LogP contribution in [0.25, 0.3) is 0 Å². The number of carbonyl (C=O) groups is 2. The van der Waals surface area contributed by atoms with Crippen LogP contribution in [0.5, 0.6) is 0 Å². The zero-order valence-electron chi connectivity index (χ0n) is 14.7. The van der Waals surface area contributed by atoms with Gasteiger partial charge in [0.1, 0.15) is 0 Å². The molecule has 0 radical (unpaired) electrons. The molecule has 2 N–H and O–H groups in total. The molecule has 2 rings (SSSR count). The highest BCUT2D eigenvalue weighted by Gasteiger charge is 2.09. The zero-order valence-corrected chi connectivity index (χ0v) is 15.4. The number of benzene rings is 2. The molecule has 0 aliphatic carbocycles. The Morgan fingerprint density at radius 1 is 1.04 bits per heavy atom. The van der Waals surface area contributed by atoms with Gasteiger partial charge >= 0.3 is 0 Å². The first-order valence-electron chi connectivity index (χ1n) is 8.45. The molecule has 0 heterocycles. The van der Waals surface area contributed by atoms with E-state index in [0.717, 1.165) is 18.4 Å². The molecule has 0 aliphatic rings. The van der Waals surface area contributed by atoms with E-state index in [-0.39, 0.29) is 24.7 Å². The van der Waals surface area contributed by atoms with Gasteiger partial charge in [0.15, 0.2) is 0 Å². The Kier molecular flexibility index (Phi) is 7.83. The van der Waals surface area contributed by atoms with Gasteiger partial charge in [0.25, 0.3) is 0 Å². The average Bonchev–Trinajstić information content (AvgIpc) is 2.64. The molecule has 5 nitrogen and oxygen atoms in total. The van der Waals surface area contributed by atoms with E-state index in [4.69, 9.17) is 11.6 Å². The molecule has 0 saturated heterocycles. The third-order valence-electron chi connectivity index (χ3n) is 3.81. The van der Waals surface area contributed by atoms with E-state index in [1.165, 1.54) is 5.56 Å². The second-order valence-electron chi connectivity index (χ2n) is 5.83. The first-order valence-corrected chi connectivity index (χ1v) is 8.83. The third kappa shape index (κ3) is 6.69. The molecule has 26 heavy (non-hydrogen) atoms. The molecule has 0 atom stereocenters. The van der Waals surface area contributed by atoms with Crippen molar-refractivity contribution in [1.29, 1.82) is 0 Å². The minimum Gasteiger partial charge on any atom is -0.326 e. The summed E-state index contributed by atoms with van der Waals surface area (Å²) < 4.78 is 0. The normalized spacial score (nSPS) is 10.7. The van der Waals surface area contributed by atoms with Gasteiger partial charge in [-0.3, -0.25) is 9.59 Å². The quantitative estimate of drug-likeness (QED) is 0.541. The Labute approximate surface area is 158 Å². The number of amides is 2. The second-order valence-corrected chi connectivity index (χ2v) is 6.24. The molecule has 6 heteroatoms. The Morgan fingerprint density at radius 3 is 2.54 bits per heavy atom. The van der Waals surface area contributed by atoms with Gasteiger partial charge < -0.3 is 5.32 Å². The molecular weight excluding hydrogens is 350 g/mol. The molecule has 2 aromatic carbocycles. The maximum absolute atomic E-state index is 11.9. The number of nitrogens with one attached hydrogen (secondary N) is 2. The summed E-state index contributed by atoms with van der Waals surface area (Å²) in [5, 5.41) is 7.25. The lowest BCUT2D eigenvalue weighted by atomic mass is 10.1. The maximum atomic E-state index is 11.9. The lowest BCUT2D eigenvalue weighted by Gasteiger charge is -2.09. The Balaban J connectivity index is 1.65. The first-order chi connectivity index (χ1) is 12.6. The fourth-order valence-corrected chi connectivity index (χ4v) is 2.47. The fraction of sp³-hybridized carbons (Fsp3) is 0.250. The smallest absolute Gasteiger partial charge is 0.240 e. The van der Waals surface area contributed by atoms with Crippen molar-refractivity contribution in [3.63, 3.8) is 0 Å². The van der Waals surface area contributed by atoms with Gasteiger partial charge in [-0.25, -0.2) is 5.43 Å². The summed E-state index contributed by atoms with van der Waals surface area (Å²) in [5.41, 5.74) is 5.11. The molecule has 2 amide bonds. The van der Waals surface area contributed by atoms with E-state index in [2.05, 4.69) is 15.8 Å². The van der Waals surface area contributed by atoms with Crippen molar-refractivity contribution >= 4 is 35.3 Å². The summed E-state index contributed by atoms with van der Waals surface area (Å²) in [6.45, 7) is 1.83. The van der Waals surface area contributed by atoms with Gasteiger partial charge in [-0.1, -0.05) is 48.0 Å². The van der Waals surface area contributed by atoms with Crippen LogP contribution in [-0.2, 0) is 16.0 Å². The fourth-order valence-electron chi connectivity index (χ4n) is 2.30. The van der Waals surface area contributed by atoms with Crippen LogP contribution in [0.15, 0.2) is 53.6 Å². The van der Waals surface area contributed by atoms with Crippen molar-refractivity contribution < 1.29 is 9.59 Å². The predicted molar refractivity (Wildman–Crippen MR) is 105 cm³/mol. The number of rotatable bonds is 8. The predicted octanol–water partition coefficient (Wildman–Crippen LogP) is 4.10. The van der Waals surface area contributed by atoms with Crippen molar-refractivity contribution in [3.8, 4) is 0 Å². The summed E-state index contributed by atoms with van der Waals surface area (Å²) >= 11 is 6.02. The van der Waals surface area contributed by atoms with Crippen molar-refractivity contribution in [2.24, 2.45) is 5.10 Å². The molecule has 0 bridgehead atoms. The van der Waals surface area contributed by atoms with Crippen LogP contribution in [0.4, 0.5) is 5.69 Å². The lowest BCUT2D eigenvalue weighted by molar-refractivity contribution is -0.124. The monoisotopic (exact) mass is 371 g/mol. The SMILES string of the molecule is Cc1c(Cl)cccc1NC(=O)CCC(=O)NN=CCCc1ccccc1. The van der Waals surface area contributed by atoms with Crippen LogP contribution in [0.2, 0.25) is 5.02 Å². The van der Waals surface area contributed by atoms with Gasteiger partial charge in [-0.2, -0.15) is 5.10 Å². The van der Waals surface area contributed by atoms with Crippen LogP contribution >= 0.6 is 11.6 Å². The van der Waals surface area contributed by atoms with Crippen LogP contribution in [0, 0.1) is 6.92 Å². The highest BCUT2D eigenvalue weighted by molar-refractivity contribution is 6.31. The number of hydrogen-bond acceptors (Lipinski definition) is 3. The summed E-state index contributed by atoms with van der Waals surface area (Å²) in [5.74, 6) is -0.530. The number of carbonyl (C=O) groups excluding carboxylic acids is 2. The van der Waals surface area contributed by atoms with Crippen LogP contribution in [0.1, 0.15) is 30.4 Å². The molecule has 0 fully saturated rings. The average molecular weight is 372 g/mol. The largest absolute Gasteiger partial charge is 0.326 e. The van der Waals surface area contributed by atoms with Gasteiger partial charge in [0.2, 0.25) is 11.8 Å². The number of aryl methyl sites for hydroxylation is 1. The molecule has 0 spiro atoms. The summed E-state index contributed by atoms with van der Waals surface area (Å²) in [6.07, 6.45) is 3.42. The number of halogens is 1. The van der Waals surface area contributed by atoms with E-state index in [1.807, 2.05) is 37.3 Å². The molecule has 2 aromatic rings. The van der Waals surface area contributed by atoms with Crippen LogP contribution in [-0.4, -0.2) is 18.0 Å². The molecule has 0 saturated carbocycles. The lowest BCUT2D eigenvalue weighted by Crippen LogP contribution is -2.20. The van der Waals surface area contributed by atoms with Gasteiger partial charge in [0.05, 0.1) is 0 Å². The minimum absolute atomic E-state index is 0.0709. The highest BCUT2D eigenvalue weighted by Crippen LogP contribution is 2.23. The van der Waals surface area contributed by atoms with Gasteiger partial charge in [-0.15, -0.1) is 0 Å².